The fourth-order valence-corrected chi connectivity index (χ4v) is 3.29. The van der Waals surface area contributed by atoms with E-state index in [4.69, 9.17) is 23.2 Å². The van der Waals surface area contributed by atoms with Crippen molar-refractivity contribution in [3.63, 3.8) is 0 Å². The number of carbonyl (C=O) groups excluding carboxylic acids is 3. The monoisotopic (exact) mass is 471 g/mol. The zero-order valence-electron chi connectivity index (χ0n) is 16.7. The van der Waals surface area contributed by atoms with Crippen molar-refractivity contribution in [2.24, 2.45) is 0 Å². The fraction of sp³-hybridized carbons (Fsp3) is 0.0909. The number of carbonyl (C=O) groups is 3. The molecule has 2 amide bonds. The summed E-state index contributed by atoms with van der Waals surface area (Å²) >= 11 is 12.1. The molecule has 32 heavy (non-hydrogen) atoms. The second-order valence-electron chi connectivity index (χ2n) is 6.72. The van der Waals surface area contributed by atoms with E-state index >= 15 is 0 Å². The van der Waals surface area contributed by atoms with Crippen LogP contribution in [0.1, 0.15) is 26.4 Å². The highest BCUT2D eigenvalue weighted by Gasteiger charge is 2.19. The minimum Gasteiger partial charge on any atom is -0.381 e. The Labute approximate surface area is 194 Å². The second kappa shape index (κ2) is 10.6. The summed E-state index contributed by atoms with van der Waals surface area (Å²) in [7, 11) is 0. The second-order valence-corrected chi connectivity index (χ2v) is 7.53. The number of hydrogen-bond acceptors (Lipinski definition) is 5. The van der Waals surface area contributed by atoms with Crippen LogP contribution in [-0.4, -0.2) is 34.8 Å². The molecule has 0 radical (unpaired) electrons. The van der Waals surface area contributed by atoms with Crippen LogP contribution in [0.4, 0.5) is 11.4 Å². The Morgan fingerprint density at radius 3 is 2.41 bits per heavy atom. The molecule has 2 aromatic carbocycles. The zero-order chi connectivity index (χ0) is 23.1. The smallest absolute Gasteiger partial charge is 0.271 e. The van der Waals surface area contributed by atoms with Gasteiger partial charge in [-0.1, -0.05) is 48.0 Å². The summed E-state index contributed by atoms with van der Waals surface area (Å²) in [5, 5.41) is 15.2. The number of nitrogens with zero attached hydrogens (tertiary/aromatic N) is 1. The van der Waals surface area contributed by atoms with E-state index in [1.54, 1.807) is 18.2 Å². The zero-order valence-corrected chi connectivity index (χ0v) is 18.3. The Kier molecular flexibility index (Phi) is 7.64. The number of benzene rings is 2. The number of nitrogens with one attached hydrogen (secondary N) is 4. The standard InChI is InChI=1S/C22H19Cl2N5O3/c1-13(12-30)9-25-15-7-5-14(6-8-15)10-26-22(32)20-18(11-27-29-20)28-21(31)19-16(23)3-2-4-17(19)24/h2-8,11-12,25H,1,9-10H2,(H,26,32)(H,27,29)(H,28,31). The van der Waals surface area contributed by atoms with E-state index in [0.29, 0.717) is 18.4 Å². The molecule has 0 bridgehead atoms. The number of hydrogen-bond donors (Lipinski definition) is 4. The minimum absolute atomic E-state index is 0.0900. The van der Waals surface area contributed by atoms with Crippen LogP contribution in [0, 0.1) is 0 Å². The topological polar surface area (TPSA) is 116 Å². The maximum absolute atomic E-state index is 12.6. The lowest BCUT2D eigenvalue weighted by atomic mass is 10.2. The van der Waals surface area contributed by atoms with Crippen molar-refractivity contribution in [3.8, 4) is 0 Å². The molecule has 8 nitrogen and oxygen atoms in total. The van der Waals surface area contributed by atoms with Gasteiger partial charge in [0, 0.05) is 24.4 Å². The summed E-state index contributed by atoms with van der Waals surface area (Å²) in [4.78, 5) is 35.7. The quantitative estimate of drug-likeness (QED) is 0.277. The van der Waals surface area contributed by atoms with Crippen LogP contribution >= 0.6 is 23.2 Å². The number of aromatic nitrogens is 2. The van der Waals surface area contributed by atoms with Gasteiger partial charge >= 0.3 is 0 Å². The Balaban J connectivity index is 1.60. The van der Waals surface area contributed by atoms with Gasteiger partial charge in [-0.3, -0.25) is 19.5 Å². The number of aromatic amines is 1. The first-order chi connectivity index (χ1) is 15.4. The Morgan fingerprint density at radius 1 is 1.06 bits per heavy atom. The molecule has 3 rings (SSSR count). The highest BCUT2D eigenvalue weighted by Crippen LogP contribution is 2.25. The van der Waals surface area contributed by atoms with E-state index in [-0.39, 0.29) is 33.5 Å². The number of rotatable bonds is 9. The molecule has 1 heterocycles. The van der Waals surface area contributed by atoms with Crippen LogP contribution in [0.3, 0.4) is 0 Å². The van der Waals surface area contributed by atoms with Gasteiger partial charge in [0.2, 0.25) is 0 Å². The van der Waals surface area contributed by atoms with Crippen molar-refractivity contribution in [2.75, 3.05) is 17.2 Å². The maximum atomic E-state index is 12.6. The Hall–Kier alpha value is -3.62. The molecule has 1 aromatic heterocycles. The molecular weight excluding hydrogens is 453 g/mol. The molecule has 0 saturated carbocycles. The summed E-state index contributed by atoms with van der Waals surface area (Å²) < 4.78 is 0. The van der Waals surface area contributed by atoms with Gasteiger partial charge in [-0.05, 0) is 29.8 Å². The van der Waals surface area contributed by atoms with Crippen LogP contribution in [0.15, 0.2) is 60.8 Å². The van der Waals surface area contributed by atoms with Gasteiger partial charge in [0.05, 0.1) is 27.5 Å². The molecule has 0 aliphatic rings. The molecule has 0 fully saturated rings. The molecule has 0 spiro atoms. The average Bonchev–Trinajstić information content (AvgIpc) is 3.24. The first kappa shape index (κ1) is 23.1. The maximum Gasteiger partial charge on any atom is 0.271 e. The molecule has 0 unspecified atom stereocenters. The van der Waals surface area contributed by atoms with Gasteiger partial charge in [-0.2, -0.15) is 5.10 Å². The van der Waals surface area contributed by atoms with Crippen molar-refractivity contribution < 1.29 is 14.4 Å². The van der Waals surface area contributed by atoms with Crippen LogP contribution in [-0.2, 0) is 11.3 Å². The molecule has 0 aliphatic carbocycles. The molecule has 0 atom stereocenters. The van der Waals surface area contributed by atoms with E-state index in [1.165, 1.54) is 6.20 Å². The number of H-pyrrole nitrogens is 1. The van der Waals surface area contributed by atoms with Crippen molar-refractivity contribution in [2.45, 2.75) is 6.54 Å². The van der Waals surface area contributed by atoms with Crippen LogP contribution in [0.2, 0.25) is 10.0 Å². The minimum atomic E-state index is -0.559. The number of anilines is 2. The summed E-state index contributed by atoms with van der Waals surface area (Å²) in [6, 6.07) is 12.0. The van der Waals surface area contributed by atoms with Gasteiger partial charge in [-0.15, -0.1) is 0 Å². The Bertz CT molecular complexity index is 1140. The van der Waals surface area contributed by atoms with Gasteiger partial charge in [-0.25, -0.2) is 0 Å². The predicted molar refractivity (Wildman–Crippen MR) is 124 cm³/mol. The van der Waals surface area contributed by atoms with Crippen molar-refractivity contribution in [1.29, 1.82) is 0 Å². The molecule has 3 aromatic rings. The van der Waals surface area contributed by atoms with E-state index in [0.717, 1.165) is 11.3 Å². The van der Waals surface area contributed by atoms with Crippen LogP contribution in [0.5, 0.6) is 0 Å². The van der Waals surface area contributed by atoms with Crippen molar-refractivity contribution in [1.82, 2.24) is 15.5 Å². The highest BCUT2D eigenvalue weighted by molar-refractivity contribution is 6.40. The largest absolute Gasteiger partial charge is 0.381 e. The van der Waals surface area contributed by atoms with E-state index in [2.05, 4.69) is 32.7 Å². The van der Waals surface area contributed by atoms with Gasteiger partial charge < -0.3 is 16.0 Å². The average molecular weight is 472 g/mol. The van der Waals surface area contributed by atoms with Crippen LogP contribution < -0.4 is 16.0 Å². The van der Waals surface area contributed by atoms with Crippen molar-refractivity contribution in [3.05, 3.63) is 87.7 Å². The Morgan fingerprint density at radius 2 is 1.75 bits per heavy atom. The predicted octanol–water partition coefficient (Wildman–Crippen LogP) is 4.07. The number of aldehydes is 1. The fourth-order valence-electron chi connectivity index (χ4n) is 2.72. The third-order valence-electron chi connectivity index (χ3n) is 4.40. The molecular formula is C22H19Cl2N5O3. The van der Waals surface area contributed by atoms with Crippen molar-refractivity contribution >= 4 is 52.7 Å². The summed E-state index contributed by atoms with van der Waals surface area (Å²) in [5.74, 6) is -1.01. The van der Waals surface area contributed by atoms with E-state index < -0.39 is 11.8 Å². The molecule has 4 N–H and O–H groups in total. The summed E-state index contributed by atoms with van der Waals surface area (Å²) in [5.41, 5.74) is 2.51. The lowest BCUT2D eigenvalue weighted by Crippen LogP contribution is -2.25. The van der Waals surface area contributed by atoms with Gasteiger partial charge in [0.15, 0.2) is 0 Å². The van der Waals surface area contributed by atoms with E-state index in [9.17, 15) is 14.4 Å². The SMILES string of the molecule is C=C(C=O)CNc1ccc(CNC(=O)c2[nH]ncc2NC(=O)c2c(Cl)cccc2Cl)cc1. The summed E-state index contributed by atoms with van der Waals surface area (Å²) in [6.45, 7) is 4.21. The third-order valence-corrected chi connectivity index (χ3v) is 5.03. The van der Waals surface area contributed by atoms with Gasteiger partial charge in [0.25, 0.3) is 11.8 Å². The number of amides is 2. The first-order valence-corrected chi connectivity index (χ1v) is 10.2. The van der Waals surface area contributed by atoms with E-state index in [1.807, 2.05) is 24.3 Å². The van der Waals surface area contributed by atoms with Gasteiger partial charge in [0.1, 0.15) is 12.0 Å². The number of halogens is 2. The molecule has 10 heteroatoms. The highest BCUT2D eigenvalue weighted by atomic mass is 35.5. The third kappa shape index (κ3) is 5.75. The normalized spacial score (nSPS) is 10.3. The lowest BCUT2D eigenvalue weighted by Gasteiger charge is -2.10. The molecule has 0 aliphatic heterocycles. The molecule has 164 valence electrons. The lowest BCUT2D eigenvalue weighted by molar-refractivity contribution is -0.104. The molecule has 0 saturated heterocycles. The summed E-state index contributed by atoms with van der Waals surface area (Å²) in [6.07, 6.45) is 2.03. The van der Waals surface area contributed by atoms with Crippen LogP contribution in [0.25, 0.3) is 0 Å². The first-order valence-electron chi connectivity index (χ1n) is 9.41.